The lowest BCUT2D eigenvalue weighted by atomic mass is 9.96. The molecule has 0 unspecified atom stereocenters. The molecule has 7 heteroatoms. The lowest BCUT2D eigenvalue weighted by Gasteiger charge is -2.27. The monoisotopic (exact) mass is 359 g/mol. The number of aliphatic hydroxyl groups is 1. The Morgan fingerprint density at radius 2 is 2.20 bits per heavy atom. The van der Waals surface area contributed by atoms with Gasteiger partial charge in [0.15, 0.2) is 0 Å². The third-order valence-corrected chi connectivity index (χ3v) is 5.70. The summed E-state index contributed by atoms with van der Waals surface area (Å²) < 4.78 is 19.6. The summed E-state index contributed by atoms with van der Waals surface area (Å²) >= 11 is 1.45. The number of nitrogens with zero attached hydrogens (tertiary/aromatic N) is 2. The fourth-order valence-electron chi connectivity index (χ4n) is 2.86. The Balaban J connectivity index is 1.72. The number of rotatable bonds is 5. The number of thiophene rings is 1. The van der Waals surface area contributed by atoms with Crippen LogP contribution in [0.5, 0.6) is 5.75 Å². The lowest BCUT2D eigenvalue weighted by molar-refractivity contribution is 0.121. The first kappa shape index (κ1) is 16.2. The Morgan fingerprint density at radius 1 is 1.36 bits per heavy atom. The second-order valence-corrected chi connectivity index (χ2v) is 7.23. The Morgan fingerprint density at radius 3 is 2.92 bits per heavy atom. The average Bonchev–Trinajstić information content (AvgIpc) is 2.90. The molecule has 130 valence electrons. The highest BCUT2D eigenvalue weighted by Gasteiger charge is 2.21. The molecule has 2 aromatic heterocycles. The van der Waals surface area contributed by atoms with Gasteiger partial charge in [0.25, 0.3) is 0 Å². The smallest absolute Gasteiger partial charge is 0.146 e. The summed E-state index contributed by atoms with van der Waals surface area (Å²) in [6.07, 6.45) is 4.77. The van der Waals surface area contributed by atoms with Crippen molar-refractivity contribution in [1.29, 1.82) is 0 Å². The summed E-state index contributed by atoms with van der Waals surface area (Å²) in [6.45, 7) is 1.91. The zero-order valence-corrected chi connectivity index (χ0v) is 14.6. The van der Waals surface area contributed by atoms with Crippen molar-refractivity contribution < 1.29 is 14.2 Å². The molecule has 0 saturated heterocycles. The fourth-order valence-corrected chi connectivity index (χ4v) is 3.86. The van der Waals surface area contributed by atoms with Crippen molar-refractivity contribution >= 4 is 33.1 Å². The van der Waals surface area contributed by atoms with Gasteiger partial charge in [-0.1, -0.05) is 0 Å². The maximum Gasteiger partial charge on any atom is 0.146 e. The van der Waals surface area contributed by atoms with Crippen molar-refractivity contribution in [3.05, 3.63) is 40.8 Å². The molecule has 1 aliphatic carbocycles. The first-order chi connectivity index (χ1) is 12.2. The van der Waals surface area contributed by atoms with Crippen LogP contribution in [0.1, 0.15) is 29.7 Å². The van der Waals surface area contributed by atoms with E-state index in [1.54, 1.807) is 6.07 Å². The first-order valence-electron chi connectivity index (χ1n) is 8.22. The molecule has 4 rings (SSSR count). The van der Waals surface area contributed by atoms with Crippen molar-refractivity contribution in [3.8, 4) is 5.75 Å². The van der Waals surface area contributed by atoms with Crippen LogP contribution < -0.4 is 10.1 Å². The number of aryl methyl sites for hydroxylation is 1. The molecule has 0 aliphatic heterocycles. The Kier molecular flexibility index (Phi) is 4.27. The van der Waals surface area contributed by atoms with E-state index in [-0.39, 0.29) is 18.5 Å². The molecular formula is C18H18FN3O2S. The van der Waals surface area contributed by atoms with Crippen LogP contribution in [-0.2, 0) is 6.61 Å². The fraction of sp³-hybridized carbons (Fsp3) is 0.333. The third kappa shape index (κ3) is 3.05. The van der Waals surface area contributed by atoms with Gasteiger partial charge >= 0.3 is 0 Å². The van der Waals surface area contributed by atoms with Gasteiger partial charge in [-0.15, -0.1) is 11.3 Å². The van der Waals surface area contributed by atoms with E-state index in [0.29, 0.717) is 17.3 Å². The van der Waals surface area contributed by atoms with Crippen LogP contribution in [0.2, 0.25) is 0 Å². The van der Waals surface area contributed by atoms with Crippen molar-refractivity contribution in [1.82, 2.24) is 9.97 Å². The van der Waals surface area contributed by atoms with E-state index < -0.39 is 0 Å². The van der Waals surface area contributed by atoms with Crippen LogP contribution in [0.4, 0.5) is 15.9 Å². The largest absolute Gasteiger partial charge is 0.488 e. The van der Waals surface area contributed by atoms with Crippen LogP contribution in [0.15, 0.2) is 24.5 Å². The summed E-state index contributed by atoms with van der Waals surface area (Å²) in [6, 6.07) is 4.46. The number of nitrogens with one attached hydrogen (secondary N) is 1. The second-order valence-electron chi connectivity index (χ2n) is 6.15. The van der Waals surface area contributed by atoms with Gasteiger partial charge in [0.2, 0.25) is 0 Å². The molecule has 0 radical (unpaired) electrons. The number of halogens is 1. The molecular weight excluding hydrogens is 341 g/mol. The zero-order valence-electron chi connectivity index (χ0n) is 13.8. The summed E-state index contributed by atoms with van der Waals surface area (Å²) in [7, 11) is 0. The summed E-state index contributed by atoms with van der Waals surface area (Å²) in [5.74, 6) is 0.789. The Bertz CT molecular complexity index is 924. The van der Waals surface area contributed by atoms with Crippen LogP contribution >= 0.6 is 11.3 Å². The maximum atomic E-state index is 13.7. The minimum Gasteiger partial charge on any atom is -0.488 e. The average molecular weight is 359 g/mol. The standard InChI is InChI=1S/C18H18FN3O2S/c1-10-15(8-23)25-18-16(10)17(20-9-21-18)22-13-6-5-11(19)7-14(13)24-12-3-2-4-12/h5-7,9,12,23H,2-4,8H2,1H3,(H,20,21,22). The Hall–Kier alpha value is -2.25. The normalized spacial score (nSPS) is 14.5. The van der Waals surface area contributed by atoms with E-state index >= 15 is 0 Å². The number of aromatic nitrogens is 2. The predicted octanol–water partition coefficient (Wildman–Crippen LogP) is 4.31. The molecule has 0 amide bonds. The van der Waals surface area contributed by atoms with Gasteiger partial charge in [-0.25, -0.2) is 14.4 Å². The topological polar surface area (TPSA) is 67.3 Å². The van der Waals surface area contributed by atoms with Crippen molar-refractivity contribution in [2.75, 3.05) is 5.32 Å². The summed E-state index contributed by atoms with van der Waals surface area (Å²) in [4.78, 5) is 10.3. The maximum absolute atomic E-state index is 13.7. The molecule has 0 atom stereocenters. The summed E-state index contributed by atoms with van der Waals surface area (Å²) in [5, 5.41) is 13.6. The van der Waals surface area contributed by atoms with E-state index in [1.165, 1.54) is 29.8 Å². The molecule has 2 heterocycles. The van der Waals surface area contributed by atoms with E-state index in [9.17, 15) is 9.50 Å². The highest BCUT2D eigenvalue weighted by molar-refractivity contribution is 7.18. The van der Waals surface area contributed by atoms with Gasteiger partial charge in [0, 0.05) is 10.9 Å². The Labute approximate surface area is 148 Å². The van der Waals surface area contributed by atoms with E-state index in [1.807, 2.05) is 6.92 Å². The highest BCUT2D eigenvalue weighted by Crippen LogP contribution is 2.37. The van der Waals surface area contributed by atoms with Crippen molar-refractivity contribution in [2.45, 2.75) is 38.9 Å². The summed E-state index contributed by atoms with van der Waals surface area (Å²) in [5.41, 5.74) is 1.62. The predicted molar refractivity (Wildman–Crippen MR) is 96.0 cm³/mol. The molecule has 1 aromatic carbocycles. The number of benzene rings is 1. The first-order valence-corrected chi connectivity index (χ1v) is 9.04. The minimum absolute atomic E-state index is 0.0289. The second kappa shape index (κ2) is 6.57. The molecule has 1 saturated carbocycles. The van der Waals surface area contributed by atoms with Gasteiger partial charge in [-0.3, -0.25) is 0 Å². The van der Waals surface area contributed by atoms with Gasteiger partial charge in [-0.2, -0.15) is 0 Å². The molecule has 2 N–H and O–H groups in total. The van der Waals surface area contributed by atoms with Crippen LogP contribution in [0.3, 0.4) is 0 Å². The molecule has 1 aliphatic rings. The zero-order chi connectivity index (χ0) is 17.4. The molecule has 5 nitrogen and oxygen atoms in total. The number of hydrogen-bond donors (Lipinski definition) is 2. The van der Waals surface area contributed by atoms with Gasteiger partial charge in [-0.05, 0) is 43.9 Å². The molecule has 1 fully saturated rings. The van der Waals surface area contributed by atoms with Crippen LogP contribution in [-0.4, -0.2) is 21.2 Å². The van der Waals surface area contributed by atoms with Crippen LogP contribution in [0.25, 0.3) is 10.2 Å². The SMILES string of the molecule is Cc1c(CO)sc2ncnc(Nc3ccc(F)cc3OC3CCC3)c12. The van der Waals surface area contributed by atoms with Gasteiger partial charge < -0.3 is 15.2 Å². The van der Waals surface area contributed by atoms with E-state index in [0.717, 1.165) is 39.9 Å². The lowest BCUT2D eigenvalue weighted by Crippen LogP contribution is -2.25. The molecule has 3 aromatic rings. The quantitative estimate of drug-likeness (QED) is 0.711. The molecule has 0 spiro atoms. The highest BCUT2D eigenvalue weighted by atomic mass is 32.1. The number of hydrogen-bond acceptors (Lipinski definition) is 6. The molecule has 0 bridgehead atoms. The van der Waals surface area contributed by atoms with Gasteiger partial charge in [0.1, 0.15) is 28.5 Å². The van der Waals surface area contributed by atoms with Crippen LogP contribution in [0, 0.1) is 12.7 Å². The number of fused-ring (bicyclic) bond motifs is 1. The number of aliphatic hydroxyl groups excluding tert-OH is 1. The van der Waals surface area contributed by atoms with E-state index in [4.69, 9.17) is 4.74 Å². The minimum atomic E-state index is -0.331. The number of anilines is 2. The van der Waals surface area contributed by atoms with Gasteiger partial charge in [0.05, 0.1) is 23.8 Å². The van der Waals surface area contributed by atoms with E-state index in [2.05, 4.69) is 15.3 Å². The third-order valence-electron chi connectivity index (χ3n) is 4.51. The number of ether oxygens (including phenoxy) is 1. The van der Waals surface area contributed by atoms with Crippen molar-refractivity contribution in [3.63, 3.8) is 0 Å². The van der Waals surface area contributed by atoms with Crippen molar-refractivity contribution in [2.24, 2.45) is 0 Å². The molecule has 25 heavy (non-hydrogen) atoms.